The van der Waals surface area contributed by atoms with Crippen molar-refractivity contribution in [3.8, 4) is 0 Å². The van der Waals surface area contributed by atoms with Crippen LogP contribution in [0.5, 0.6) is 0 Å². The molecule has 2 nitrogen and oxygen atoms in total. The van der Waals surface area contributed by atoms with Gasteiger partial charge in [-0.2, -0.15) is 0 Å². The van der Waals surface area contributed by atoms with E-state index in [1.807, 2.05) is 7.05 Å². The number of nitrogens with two attached hydrogens (primary N) is 1. The molecule has 0 radical (unpaired) electrons. The molecule has 0 atom stereocenters. The van der Waals surface area contributed by atoms with Crippen molar-refractivity contribution in [1.82, 2.24) is 4.90 Å². The van der Waals surface area contributed by atoms with Gasteiger partial charge in [0.1, 0.15) is 0 Å². The maximum Gasteiger partial charge on any atom is 0.0906 e. The molecular weight excluding hydrogens is 143 g/mol. The van der Waals surface area contributed by atoms with Gasteiger partial charge in [-0.05, 0) is 33.0 Å². The van der Waals surface area contributed by atoms with Crippen molar-refractivity contribution >= 4 is 0 Å². The highest BCUT2D eigenvalue weighted by molar-refractivity contribution is 4.51. The highest BCUT2D eigenvalue weighted by atomic mass is 19.1. The fraction of sp³-hybridized carbons (Fsp3) is 1.00. The van der Waals surface area contributed by atoms with Crippen molar-refractivity contribution in [2.24, 2.45) is 5.73 Å². The highest BCUT2D eigenvalue weighted by Gasteiger charge is 1.95. The van der Waals surface area contributed by atoms with Gasteiger partial charge in [-0.1, -0.05) is 7.43 Å². The summed E-state index contributed by atoms with van der Waals surface area (Å²) in [5, 5.41) is 0. The number of hydrogen-bond donors (Lipinski definition) is 1. The maximum absolute atomic E-state index is 11.6. The lowest BCUT2D eigenvalue weighted by molar-refractivity contribution is 0.307. The molecule has 0 spiro atoms. The van der Waals surface area contributed by atoms with E-state index in [0.717, 1.165) is 26.1 Å². The lowest BCUT2D eigenvalue weighted by atomic mass is 10.3. The Labute approximate surface area is 69.6 Å². The third kappa shape index (κ3) is 9.85. The molecule has 0 aromatic rings. The number of nitrogens with zero attached hydrogens (tertiary/aromatic N) is 1. The van der Waals surface area contributed by atoms with E-state index in [9.17, 15) is 4.39 Å². The van der Waals surface area contributed by atoms with E-state index in [2.05, 4.69) is 4.90 Å². The fourth-order valence-electron chi connectivity index (χ4n) is 0.803. The van der Waals surface area contributed by atoms with Gasteiger partial charge >= 0.3 is 0 Å². The van der Waals surface area contributed by atoms with Crippen LogP contribution in [0.2, 0.25) is 0 Å². The SMILES string of the molecule is C.CN(CCCN)CCCF. The van der Waals surface area contributed by atoms with E-state index in [1.54, 1.807) is 0 Å². The molecule has 0 aliphatic carbocycles. The molecule has 0 aliphatic rings. The Kier molecular flexibility index (Phi) is 12.0. The lowest BCUT2D eigenvalue weighted by Gasteiger charge is -2.14. The average molecular weight is 164 g/mol. The molecule has 70 valence electrons. The highest BCUT2D eigenvalue weighted by Crippen LogP contribution is 1.89. The zero-order chi connectivity index (χ0) is 7.82. The molecule has 0 aromatic heterocycles. The first-order chi connectivity index (χ1) is 4.81. The molecule has 0 heterocycles. The molecular formula is C8H21FN2. The van der Waals surface area contributed by atoms with Crippen molar-refractivity contribution in [2.45, 2.75) is 20.3 Å². The zero-order valence-corrected chi connectivity index (χ0v) is 6.65. The number of alkyl halides is 1. The number of hydrogen-bond acceptors (Lipinski definition) is 2. The van der Waals surface area contributed by atoms with Crippen LogP contribution in [-0.2, 0) is 0 Å². The van der Waals surface area contributed by atoms with E-state index in [1.165, 1.54) is 0 Å². The molecule has 0 aliphatic heterocycles. The summed E-state index contributed by atoms with van der Waals surface area (Å²) < 4.78 is 11.6. The Morgan fingerprint density at radius 1 is 1.27 bits per heavy atom. The summed E-state index contributed by atoms with van der Waals surface area (Å²) in [6.07, 6.45) is 1.64. The van der Waals surface area contributed by atoms with Crippen LogP contribution in [-0.4, -0.2) is 38.3 Å². The second kappa shape index (κ2) is 9.85. The second-order valence-corrected chi connectivity index (χ2v) is 2.49. The Morgan fingerprint density at radius 3 is 2.27 bits per heavy atom. The number of halogens is 1. The zero-order valence-electron chi connectivity index (χ0n) is 6.65. The molecule has 0 rings (SSSR count). The molecule has 0 unspecified atom stereocenters. The van der Waals surface area contributed by atoms with Gasteiger partial charge in [0.2, 0.25) is 0 Å². The van der Waals surface area contributed by atoms with Gasteiger partial charge in [0.15, 0.2) is 0 Å². The van der Waals surface area contributed by atoms with Gasteiger partial charge in [0.25, 0.3) is 0 Å². The Morgan fingerprint density at radius 2 is 1.82 bits per heavy atom. The molecule has 0 amide bonds. The summed E-state index contributed by atoms with van der Waals surface area (Å²) in [5.74, 6) is 0. The summed E-state index contributed by atoms with van der Waals surface area (Å²) in [6, 6.07) is 0. The van der Waals surface area contributed by atoms with Crippen molar-refractivity contribution in [3.63, 3.8) is 0 Å². The maximum atomic E-state index is 11.6. The molecule has 2 N–H and O–H groups in total. The average Bonchev–Trinajstić information content (AvgIpc) is 1.97. The Balaban J connectivity index is 0. The predicted molar refractivity (Wildman–Crippen MR) is 48.5 cm³/mol. The fourth-order valence-corrected chi connectivity index (χ4v) is 0.803. The van der Waals surface area contributed by atoms with Gasteiger partial charge in [-0.15, -0.1) is 0 Å². The summed E-state index contributed by atoms with van der Waals surface area (Å²) in [7, 11) is 1.99. The quantitative estimate of drug-likeness (QED) is 0.640. The van der Waals surface area contributed by atoms with E-state index in [4.69, 9.17) is 5.73 Å². The predicted octanol–water partition coefficient (Wildman–Crippen LogP) is 1.26. The Bertz CT molecular complexity index is 61.1. The Hall–Kier alpha value is -0.150. The topological polar surface area (TPSA) is 29.3 Å². The second-order valence-electron chi connectivity index (χ2n) is 2.49. The first kappa shape index (κ1) is 13.4. The van der Waals surface area contributed by atoms with Crippen LogP contribution >= 0.6 is 0 Å². The van der Waals surface area contributed by atoms with Crippen molar-refractivity contribution in [3.05, 3.63) is 0 Å². The summed E-state index contributed by atoms with van der Waals surface area (Å²) in [5.41, 5.74) is 5.30. The minimum atomic E-state index is -0.215. The van der Waals surface area contributed by atoms with Crippen molar-refractivity contribution in [1.29, 1.82) is 0 Å². The van der Waals surface area contributed by atoms with Crippen LogP contribution in [0.25, 0.3) is 0 Å². The third-order valence-corrected chi connectivity index (χ3v) is 1.42. The molecule has 11 heavy (non-hydrogen) atoms. The summed E-state index contributed by atoms with van der Waals surface area (Å²) in [4.78, 5) is 2.10. The lowest BCUT2D eigenvalue weighted by Crippen LogP contribution is -2.23. The van der Waals surface area contributed by atoms with Crippen LogP contribution in [0.1, 0.15) is 20.3 Å². The van der Waals surface area contributed by atoms with Gasteiger partial charge in [0.05, 0.1) is 6.67 Å². The van der Waals surface area contributed by atoms with Crippen molar-refractivity contribution < 1.29 is 4.39 Å². The molecule has 0 fully saturated rings. The molecule has 0 saturated carbocycles. The molecule has 3 heteroatoms. The smallest absolute Gasteiger partial charge is 0.0906 e. The van der Waals surface area contributed by atoms with E-state index < -0.39 is 0 Å². The molecule has 0 saturated heterocycles. The van der Waals surface area contributed by atoms with Gasteiger partial charge in [0, 0.05) is 6.54 Å². The van der Waals surface area contributed by atoms with Crippen LogP contribution in [0.4, 0.5) is 4.39 Å². The monoisotopic (exact) mass is 164 g/mol. The minimum absolute atomic E-state index is 0. The first-order valence-corrected chi connectivity index (χ1v) is 3.76. The van der Waals surface area contributed by atoms with Crippen LogP contribution in [0.15, 0.2) is 0 Å². The van der Waals surface area contributed by atoms with Gasteiger partial charge in [-0.3, -0.25) is 4.39 Å². The summed E-state index contributed by atoms with van der Waals surface area (Å²) in [6.45, 7) is 2.33. The van der Waals surface area contributed by atoms with E-state index >= 15 is 0 Å². The van der Waals surface area contributed by atoms with Gasteiger partial charge < -0.3 is 10.6 Å². The normalized spacial score (nSPS) is 9.82. The van der Waals surface area contributed by atoms with Crippen LogP contribution in [0, 0.1) is 0 Å². The van der Waals surface area contributed by atoms with Crippen LogP contribution in [0.3, 0.4) is 0 Å². The van der Waals surface area contributed by atoms with Crippen molar-refractivity contribution in [2.75, 3.05) is 33.4 Å². The molecule has 0 bridgehead atoms. The minimum Gasteiger partial charge on any atom is -0.330 e. The third-order valence-electron chi connectivity index (χ3n) is 1.42. The van der Waals surface area contributed by atoms with Gasteiger partial charge in [-0.25, -0.2) is 0 Å². The molecule has 0 aromatic carbocycles. The number of rotatable bonds is 6. The van der Waals surface area contributed by atoms with E-state index in [0.29, 0.717) is 6.42 Å². The largest absolute Gasteiger partial charge is 0.330 e. The van der Waals surface area contributed by atoms with E-state index in [-0.39, 0.29) is 14.1 Å². The first-order valence-electron chi connectivity index (χ1n) is 3.76. The summed E-state index contributed by atoms with van der Waals surface area (Å²) >= 11 is 0. The van der Waals surface area contributed by atoms with Crippen LogP contribution < -0.4 is 5.73 Å². The standard InChI is InChI=1S/C7H17FN2.CH4/c1-10(6-2-4-8)7-3-5-9;/h2-7,9H2,1H3;1H4.